The van der Waals surface area contributed by atoms with Gasteiger partial charge in [0.15, 0.2) is 41.3 Å². The molecule has 5 atom stereocenters. The number of carbonyl (C=O) groups excluding carboxylic acids is 2. The molecule has 2 aromatic carbocycles. The second-order valence-corrected chi connectivity index (χ2v) is 8.76. The molecule has 0 aliphatic carbocycles. The molecule has 14 nitrogen and oxygen atoms in total. The van der Waals surface area contributed by atoms with Gasteiger partial charge in [-0.05, 0) is 19.1 Å². The number of hydrogen-bond donors (Lipinski definition) is 6. The molecule has 3 aromatic rings. The van der Waals surface area contributed by atoms with Crippen molar-refractivity contribution in [1.29, 1.82) is 0 Å². The Balaban J connectivity index is 1.88. The fraction of sp³-hybridized carbons (Fsp3) is 0.320. The van der Waals surface area contributed by atoms with Gasteiger partial charge in [0.05, 0.1) is 6.10 Å². The Labute approximate surface area is 218 Å². The maximum absolute atomic E-state index is 13.5. The molecule has 208 valence electrons. The summed E-state index contributed by atoms with van der Waals surface area (Å²) in [5.41, 5.74) is -1.55. The van der Waals surface area contributed by atoms with Crippen LogP contribution in [-0.2, 0) is 23.8 Å². The van der Waals surface area contributed by atoms with Crippen LogP contribution in [-0.4, -0.2) is 73.3 Å². The number of hydrogen-bond acceptors (Lipinski definition) is 14. The summed E-state index contributed by atoms with van der Waals surface area (Å²) >= 11 is 0. The van der Waals surface area contributed by atoms with Gasteiger partial charge in [-0.1, -0.05) is 0 Å². The molecule has 0 bridgehead atoms. The Kier molecular flexibility index (Phi) is 7.17. The molecule has 39 heavy (non-hydrogen) atoms. The third kappa shape index (κ3) is 5.19. The minimum atomic E-state index is -1.83. The van der Waals surface area contributed by atoms with Gasteiger partial charge in [-0.15, -0.1) is 0 Å². The molecular formula is C25H24O14. The number of aromatic hydroxyl groups is 5. The smallest absolute Gasteiger partial charge is 0.303 e. The van der Waals surface area contributed by atoms with E-state index in [2.05, 4.69) is 0 Å². The number of ether oxygens (including phenoxy) is 4. The molecule has 0 radical (unpaired) electrons. The number of fused-ring (bicyclic) bond motifs is 1. The molecule has 1 saturated heterocycles. The Bertz CT molecular complexity index is 1490. The summed E-state index contributed by atoms with van der Waals surface area (Å²) in [6.07, 6.45) is -7.33. The van der Waals surface area contributed by atoms with E-state index in [1.165, 1.54) is 6.92 Å². The molecule has 0 spiro atoms. The summed E-state index contributed by atoms with van der Waals surface area (Å²) in [6.45, 7) is 3.60. The quantitative estimate of drug-likeness (QED) is 0.196. The average molecular weight is 548 g/mol. The standard InChI is InChI=1S/C25H24O14/c1-8-21(36-9(2)26)24(37-10(3)27)20(34)25(35-8)39-23-19(33)17-13(29)6-12(28)7-16(17)38-22(23)11-4-14(30)18(32)15(31)5-11/h4-8,20-21,24-25,28-32,34H,1-3H3/t8-,20-,21-,24-,25-/m0/s1. The number of esters is 2. The lowest BCUT2D eigenvalue weighted by atomic mass is 9.99. The van der Waals surface area contributed by atoms with E-state index in [1.54, 1.807) is 0 Å². The number of aliphatic hydroxyl groups is 1. The van der Waals surface area contributed by atoms with Gasteiger partial charge in [0.1, 0.15) is 22.5 Å². The van der Waals surface area contributed by atoms with Gasteiger partial charge >= 0.3 is 11.9 Å². The number of phenolic OH excluding ortho intramolecular Hbond substituents is 5. The van der Waals surface area contributed by atoms with Crippen LogP contribution in [0.25, 0.3) is 22.3 Å². The predicted octanol–water partition coefficient (Wildman–Crippen LogP) is 1.34. The number of phenols is 5. The SMILES string of the molecule is CC(=O)O[C@@H]1[C@@H](OC(C)=O)[C@H](O)[C@H](Oc2c(-c3cc(O)c(O)c(O)c3)oc3cc(O)cc(O)c3c2=O)O[C@H]1C. The van der Waals surface area contributed by atoms with Gasteiger partial charge in [0, 0.05) is 31.5 Å². The van der Waals surface area contributed by atoms with Gasteiger partial charge in [-0.3, -0.25) is 14.4 Å². The summed E-state index contributed by atoms with van der Waals surface area (Å²) in [4.78, 5) is 36.8. The lowest BCUT2D eigenvalue weighted by Crippen LogP contribution is -2.61. The highest BCUT2D eigenvalue weighted by molar-refractivity contribution is 5.88. The lowest BCUT2D eigenvalue weighted by molar-refractivity contribution is -0.276. The van der Waals surface area contributed by atoms with E-state index in [0.29, 0.717) is 0 Å². The number of carbonyl (C=O) groups is 2. The molecular weight excluding hydrogens is 524 g/mol. The van der Waals surface area contributed by atoms with Crippen molar-refractivity contribution in [2.75, 3.05) is 0 Å². The van der Waals surface area contributed by atoms with E-state index in [4.69, 9.17) is 23.4 Å². The highest BCUT2D eigenvalue weighted by Gasteiger charge is 2.49. The molecule has 4 rings (SSSR count). The lowest BCUT2D eigenvalue weighted by Gasteiger charge is -2.41. The van der Waals surface area contributed by atoms with Gasteiger partial charge in [-0.25, -0.2) is 0 Å². The van der Waals surface area contributed by atoms with Gasteiger partial charge < -0.3 is 54.0 Å². The first-order valence-corrected chi connectivity index (χ1v) is 11.4. The van der Waals surface area contributed by atoms with Crippen molar-refractivity contribution < 1.29 is 63.6 Å². The van der Waals surface area contributed by atoms with Gasteiger partial charge in [0.25, 0.3) is 0 Å². The topological polar surface area (TPSA) is 223 Å². The molecule has 0 amide bonds. The first kappa shape index (κ1) is 27.3. The highest BCUT2D eigenvalue weighted by Crippen LogP contribution is 2.43. The van der Waals surface area contributed by atoms with Gasteiger partial charge in [0.2, 0.25) is 17.5 Å². The summed E-state index contributed by atoms with van der Waals surface area (Å²) in [5, 5.41) is 60.5. The number of aliphatic hydroxyl groups excluding tert-OH is 1. The van der Waals surface area contributed by atoms with Crippen molar-refractivity contribution in [2.24, 2.45) is 0 Å². The van der Waals surface area contributed by atoms with Crippen LogP contribution >= 0.6 is 0 Å². The summed E-state index contributed by atoms with van der Waals surface area (Å²) in [7, 11) is 0. The Morgan fingerprint density at radius 1 is 0.872 bits per heavy atom. The first-order chi connectivity index (χ1) is 18.3. The van der Waals surface area contributed by atoms with Crippen LogP contribution in [0.5, 0.6) is 34.5 Å². The first-order valence-electron chi connectivity index (χ1n) is 11.4. The van der Waals surface area contributed by atoms with E-state index < -0.39 is 93.7 Å². The van der Waals surface area contributed by atoms with Crippen LogP contribution in [0.15, 0.2) is 33.5 Å². The number of rotatable bonds is 5. The Hall–Kier alpha value is -4.69. The third-order valence-corrected chi connectivity index (χ3v) is 5.84. The fourth-order valence-corrected chi connectivity index (χ4v) is 4.18. The van der Waals surface area contributed by atoms with Crippen molar-refractivity contribution in [1.82, 2.24) is 0 Å². The van der Waals surface area contributed by atoms with Crippen LogP contribution in [0, 0.1) is 0 Å². The molecule has 1 aliphatic heterocycles. The van der Waals surface area contributed by atoms with Crippen molar-refractivity contribution >= 4 is 22.9 Å². The van der Waals surface area contributed by atoms with E-state index in [1.807, 2.05) is 0 Å². The Morgan fingerprint density at radius 2 is 1.46 bits per heavy atom. The van der Waals surface area contributed by atoms with E-state index in [9.17, 15) is 45.0 Å². The van der Waals surface area contributed by atoms with E-state index >= 15 is 0 Å². The molecule has 6 N–H and O–H groups in total. The molecule has 2 heterocycles. The minimum absolute atomic E-state index is 0.202. The zero-order valence-electron chi connectivity index (χ0n) is 20.6. The number of benzene rings is 2. The Morgan fingerprint density at radius 3 is 2.05 bits per heavy atom. The monoisotopic (exact) mass is 548 g/mol. The molecule has 14 heteroatoms. The van der Waals surface area contributed by atoms with Crippen LogP contribution < -0.4 is 10.2 Å². The van der Waals surface area contributed by atoms with E-state index in [0.717, 1.165) is 38.1 Å². The maximum Gasteiger partial charge on any atom is 0.303 e. The van der Waals surface area contributed by atoms with Gasteiger partial charge in [-0.2, -0.15) is 0 Å². The van der Waals surface area contributed by atoms with Crippen LogP contribution in [0.2, 0.25) is 0 Å². The van der Waals surface area contributed by atoms with Crippen molar-refractivity contribution in [3.63, 3.8) is 0 Å². The van der Waals surface area contributed by atoms with Crippen LogP contribution in [0.3, 0.4) is 0 Å². The molecule has 0 unspecified atom stereocenters. The largest absolute Gasteiger partial charge is 0.508 e. The summed E-state index contributed by atoms with van der Waals surface area (Å²) in [5.74, 6) is -6.33. The maximum atomic E-state index is 13.5. The molecule has 0 saturated carbocycles. The fourth-order valence-electron chi connectivity index (χ4n) is 4.18. The third-order valence-electron chi connectivity index (χ3n) is 5.84. The molecule has 1 fully saturated rings. The second-order valence-electron chi connectivity index (χ2n) is 8.76. The van der Waals surface area contributed by atoms with Crippen molar-refractivity contribution in [2.45, 2.75) is 51.5 Å². The van der Waals surface area contributed by atoms with Crippen LogP contribution in [0.1, 0.15) is 20.8 Å². The average Bonchev–Trinajstić information content (AvgIpc) is 2.83. The zero-order chi connectivity index (χ0) is 28.8. The highest BCUT2D eigenvalue weighted by atomic mass is 16.7. The zero-order valence-corrected chi connectivity index (χ0v) is 20.6. The summed E-state index contributed by atoms with van der Waals surface area (Å²) < 4.78 is 27.4. The molecule has 1 aliphatic rings. The predicted molar refractivity (Wildman–Crippen MR) is 128 cm³/mol. The normalized spacial score (nSPS) is 22.8. The van der Waals surface area contributed by atoms with Crippen molar-refractivity contribution in [3.05, 3.63) is 34.5 Å². The van der Waals surface area contributed by atoms with Crippen LogP contribution in [0.4, 0.5) is 0 Å². The van der Waals surface area contributed by atoms with E-state index in [-0.39, 0.29) is 11.1 Å². The van der Waals surface area contributed by atoms with Crippen molar-refractivity contribution in [3.8, 4) is 45.8 Å². The minimum Gasteiger partial charge on any atom is -0.508 e. The molecule has 1 aromatic heterocycles. The second kappa shape index (κ2) is 10.2. The summed E-state index contributed by atoms with van der Waals surface area (Å²) in [6, 6.07) is 3.73.